The van der Waals surface area contributed by atoms with Crippen molar-refractivity contribution in [3.05, 3.63) is 35.4 Å². The van der Waals surface area contributed by atoms with Crippen molar-refractivity contribution in [1.82, 2.24) is 10.2 Å². The molecule has 96 valence electrons. The molecule has 1 aromatic rings. The van der Waals surface area contributed by atoms with Crippen molar-refractivity contribution in [2.45, 2.75) is 31.8 Å². The highest BCUT2D eigenvalue weighted by molar-refractivity contribution is 5.34. The minimum absolute atomic E-state index is 0.312. The zero-order valence-corrected chi connectivity index (χ0v) is 11.2. The highest BCUT2D eigenvalue weighted by atomic mass is 15.1. The zero-order chi connectivity index (χ0) is 13.0. The molecule has 1 unspecified atom stereocenters. The van der Waals surface area contributed by atoms with Gasteiger partial charge in [-0.25, -0.2) is 0 Å². The molecule has 0 bridgehead atoms. The molecule has 2 rings (SSSR count). The van der Waals surface area contributed by atoms with Crippen molar-refractivity contribution in [2.75, 3.05) is 20.1 Å². The van der Waals surface area contributed by atoms with E-state index in [0.717, 1.165) is 5.56 Å². The number of benzene rings is 1. The average molecular weight is 243 g/mol. The highest BCUT2D eigenvalue weighted by Gasteiger charge is 2.18. The second kappa shape index (κ2) is 5.99. The number of piperidine rings is 1. The first-order chi connectivity index (χ1) is 8.69. The van der Waals surface area contributed by atoms with Crippen LogP contribution in [0.4, 0.5) is 0 Å². The van der Waals surface area contributed by atoms with Crippen molar-refractivity contribution in [1.29, 1.82) is 5.26 Å². The van der Waals surface area contributed by atoms with E-state index in [1.165, 1.54) is 31.5 Å². The Morgan fingerprint density at radius 2 is 2.11 bits per heavy atom. The summed E-state index contributed by atoms with van der Waals surface area (Å²) in [7, 11) is 2.18. The van der Waals surface area contributed by atoms with Gasteiger partial charge in [-0.1, -0.05) is 12.1 Å². The minimum atomic E-state index is 0.312. The van der Waals surface area contributed by atoms with E-state index in [1.54, 1.807) is 0 Å². The van der Waals surface area contributed by atoms with E-state index in [1.807, 2.05) is 18.2 Å². The Hall–Kier alpha value is -1.37. The highest BCUT2D eigenvalue weighted by Crippen LogP contribution is 2.17. The molecule has 1 atom stereocenters. The van der Waals surface area contributed by atoms with Gasteiger partial charge in [-0.15, -0.1) is 0 Å². The van der Waals surface area contributed by atoms with Crippen LogP contribution in [0.25, 0.3) is 0 Å². The Bertz CT molecular complexity index is 428. The second-order valence-electron chi connectivity index (χ2n) is 5.20. The topological polar surface area (TPSA) is 39.1 Å². The van der Waals surface area contributed by atoms with Gasteiger partial charge in [0.1, 0.15) is 0 Å². The zero-order valence-electron chi connectivity index (χ0n) is 11.2. The predicted molar refractivity (Wildman–Crippen MR) is 73.2 cm³/mol. The van der Waals surface area contributed by atoms with Gasteiger partial charge < -0.3 is 10.2 Å². The summed E-state index contributed by atoms with van der Waals surface area (Å²) in [5.74, 6) is 0. The monoisotopic (exact) mass is 243 g/mol. The third kappa shape index (κ3) is 3.32. The van der Waals surface area contributed by atoms with Gasteiger partial charge in [0.2, 0.25) is 0 Å². The van der Waals surface area contributed by atoms with Gasteiger partial charge in [0, 0.05) is 12.1 Å². The fraction of sp³-hybridized carbons (Fsp3) is 0.533. The molecule has 1 aliphatic rings. The third-order valence-electron chi connectivity index (χ3n) is 3.72. The average Bonchev–Trinajstić information content (AvgIpc) is 2.41. The van der Waals surface area contributed by atoms with E-state index >= 15 is 0 Å². The number of rotatable bonds is 3. The summed E-state index contributed by atoms with van der Waals surface area (Å²) in [6, 6.07) is 11.0. The van der Waals surface area contributed by atoms with E-state index in [9.17, 15) is 0 Å². The summed E-state index contributed by atoms with van der Waals surface area (Å²) in [5, 5.41) is 12.6. The van der Waals surface area contributed by atoms with Crippen LogP contribution in [0.3, 0.4) is 0 Å². The van der Waals surface area contributed by atoms with Crippen LogP contribution in [0.15, 0.2) is 24.3 Å². The lowest BCUT2D eigenvalue weighted by Gasteiger charge is -2.31. The van der Waals surface area contributed by atoms with Crippen molar-refractivity contribution in [3.8, 4) is 6.07 Å². The molecule has 0 aromatic heterocycles. The van der Waals surface area contributed by atoms with Crippen molar-refractivity contribution >= 4 is 0 Å². The molecule has 1 heterocycles. The molecule has 3 heteroatoms. The molecule has 0 saturated carbocycles. The second-order valence-corrected chi connectivity index (χ2v) is 5.20. The molecule has 1 N–H and O–H groups in total. The van der Waals surface area contributed by atoms with Crippen LogP contribution in [-0.2, 0) is 0 Å². The van der Waals surface area contributed by atoms with Crippen molar-refractivity contribution < 1.29 is 0 Å². The normalized spacial score (nSPS) is 19.4. The Morgan fingerprint density at radius 1 is 1.39 bits per heavy atom. The van der Waals surface area contributed by atoms with Gasteiger partial charge in [0.25, 0.3) is 0 Å². The quantitative estimate of drug-likeness (QED) is 0.885. The molecule has 1 saturated heterocycles. The van der Waals surface area contributed by atoms with E-state index in [-0.39, 0.29) is 0 Å². The minimum Gasteiger partial charge on any atom is -0.307 e. The van der Waals surface area contributed by atoms with Crippen LogP contribution < -0.4 is 5.32 Å². The molecule has 0 amide bonds. The number of nitrogens with zero attached hydrogens (tertiary/aromatic N) is 2. The predicted octanol–water partition coefficient (Wildman–Crippen LogP) is 2.30. The molecule has 0 spiro atoms. The first-order valence-electron chi connectivity index (χ1n) is 6.63. The molecule has 0 radical (unpaired) electrons. The Kier molecular flexibility index (Phi) is 4.35. The van der Waals surface area contributed by atoms with Crippen LogP contribution in [0.2, 0.25) is 0 Å². The maximum atomic E-state index is 8.92. The van der Waals surface area contributed by atoms with Crippen LogP contribution >= 0.6 is 0 Å². The summed E-state index contributed by atoms with van der Waals surface area (Å²) in [6.07, 6.45) is 2.41. The number of nitrogens with one attached hydrogen (secondary N) is 1. The van der Waals surface area contributed by atoms with Crippen LogP contribution in [0.1, 0.15) is 36.9 Å². The first-order valence-corrected chi connectivity index (χ1v) is 6.63. The van der Waals surface area contributed by atoms with Gasteiger partial charge in [-0.3, -0.25) is 0 Å². The molecule has 1 fully saturated rings. The van der Waals surface area contributed by atoms with Crippen LogP contribution in [0.5, 0.6) is 0 Å². The first kappa shape index (κ1) is 13.1. The number of nitriles is 1. The lowest BCUT2D eigenvalue weighted by Crippen LogP contribution is -2.41. The third-order valence-corrected chi connectivity index (χ3v) is 3.72. The van der Waals surface area contributed by atoms with Crippen molar-refractivity contribution in [2.24, 2.45) is 0 Å². The van der Waals surface area contributed by atoms with E-state index in [2.05, 4.69) is 36.3 Å². The maximum absolute atomic E-state index is 8.92. The maximum Gasteiger partial charge on any atom is 0.0991 e. The fourth-order valence-corrected chi connectivity index (χ4v) is 2.50. The smallest absolute Gasteiger partial charge is 0.0991 e. The Labute approximate surface area is 109 Å². The molecule has 1 aromatic carbocycles. The summed E-state index contributed by atoms with van der Waals surface area (Å²) in [6.45, 7) is 4.51. The number of hydrogen-bond donors (Lipinski definition) is 1. The van der Waals surface area contributed by atoms with E-state index in [4.69, 9.17) is 5.26 Å². The van der Waals surface area contributed by atoms with Gasteiger partial charge in [-0.05, 0) is 57.6 Å². The standard InChI is InChI=1S/C15H21N3/c1-12(14-5-3-4-13(10-14)11-16)17-15-6-8-18(2)9-7-15/h3-5,10,12,15,17H,6-9H2,1-2H3. The molecule has 1 aliphatic heterocycles. The summed E-state index contributed by atoms with van der Waals surface area (Å²) >= 11 is 0. The van der Waals surface area contributed by atoms with E-state index in [0.29, 0.717) is 12.1 Å². The molecular formula is C15H21N3. The van der Waals surface area contributed by atoms with E-state index < -0.39 is 0 Å². The lowest BCUT2D eigenvalue weighted by atomic mass is 10.0. The van der Waals surface area contributed by atoms with Crippen LogP contribution in [0, 0.1) is 11.3 Å². The van der Waals surface area contributed by atoms with Gasteiger partial charge >= 0.3 is 0 Å². The van der Waals surface area contributed by atoms with Gasteiger partial charge in [-0.2, -0.15) is 5.26 Å². The number of hydrogen-bond acceptors (Lipinski definition) is 3. The molecular weight excluding hydrogens is 222 g/mol. The summed E-state index contributed by atoms with van der Waals surface area (Å²) < 4.78 is 0. The largest absolute Gasteiger partial charge is 0.307 e. The molecule has 18 heavy (non-hydrogen) atoms. The summed E-state index contributed by atoms with van der Waals surface area (Å²) in [5.41, 5.74) is 1.94. The van der Waals surface area contributed by atoms with Crippen molar-refractivity contribution in [3.63, 3.8) is 0 Å². The SMILES string of the molecule is CC(NC1CCN(C)CC1)c1cccc(C#N)c1. The number of likely N-dealkylation sites (tertiary alicyclic amines) is 1. The van der Waals surface area contributed by atoms with Crippen LogP contribution in [-0.4, -0.2) is 31.1 Å². The Morgan fingerprint density at radius 3 is 2.78 bits per heavy atom. The fourth-order valence-electron chi connectivity index (χ4n) is 2.50. The van der Waals surface area contributed by atoms with Gasteiger partial charge in [0.05, 0.1) is 11.6 Å². The Balaban J connectivity index is 1.95. The molecule has 3 nitrogen and oxygen atoms in total. The summed E-state index contributed by atoms with van der Waals surface area (Å²) in [4.78, 5) is 2.37. The van der Waals surface area contributed by atoms with Gasteiger partial charge in [0.15, 0.2) is 0 Å². The molecule has 0 aliphatic carbocycles. The lowest BCUT2D eigenvalue weighted by molar-refractivity contribution is 0.226.